The van der Waals surface area contributed by atoms with E-state index in [1.807, 2.05) is 45.0 Å². The molecule has 1 aliphatic rings. The summed E-state index contributed by atoms with van der Waals surface area (Å²) in [6.45, 7) is 11.6. The number of rotatable bonds is 6. The zero-order valence-electron chi connectivity index (χ0n) is 16.1. The fourth-order valence-corrected chi connectivity index (χ4v) is 3.19. The summed E-state index contributed by atoms with van der Waals surface area (Å²) < 4.78 is 11.1. The summed E-state index contributed by atoms with van der Waals surface area (Å²) in [7, 11) is 0. The monoisotopic (exact) mass is 348 g/mol. The van der Waals surface area contributed by atoms with Gasteiger partial charge in [0.15, 0.2) is 0 Å². The van der Waals surface area contributed by atoms with Crippen molar-refractivity contribution in [1.29, 1.82) is 0 Å². The second kappa shape index (κ2) is 8.09. The molecule has 140 valence electrons. The third-order valence-electron chi connectivity index (χ3n) is 4.50. The van der Waals surface area contributed by atoms with Crippen LogP contribution in [0.15, 0.2) is 24.3 Å². The van der Waals surface area contributed by atoms with E-state index in [0.717, 1.165) is 12.3 Å². The van der Waals surface area contributed by atoms with E-state index in [4.69, 9.17) is 9.47 Å². The van der Waals surface area contributed by atoms with Crippen molar-refractivity contribution in [1.82, 2.24) is 5.32 Å². The number of amides is 1. The molecule has 25 heavy (non-hydrogen) atoms. The highest BCUT2D eigenvalue weighted by atomic mass is 16.6. The van der Waals surface area contributed by atoms with Crippen molar-refractivity contribution < 1.29 is 14.3 Å². The van der Waals surface area contributed by atoms with Gasteiger partial charge in [0, 0.05) is 24.3 Å². The molecule has 0 aliphatic heterocycles. The van der Waals surface area contributed by atoms with Gasteiger partial charge in [-0.05, 0) is 51.2 Å². The summed E-state index contributed by atoms with van der Waals surface area (Å²) >= 11 is 0. The maximum absolute atomic E-state index is 11.8. The molecule has 1 aromatic carbocycles. The Kier molecular flexibility index (Phi) is 6.33. The van der Waals surface area contributed by atoms with Gasteiger partial charge in [-0.1, -0.05) is 26.3 Å². The molecule has 5 heteroatoms. The van der Waals surface area contributed by atoms with Gasteiger partial charge in [0.2, 0.25) is 0 Å². The maximum atomic E-state index is 11.8. The SMILES string of the molecule is CC(C)(C)OC(=O)Nc1cccc(OCCNC2CCCC2(C)C)c1. The lowest BCUT2D eigenvalue weighted by molar-refractivity contribution is 0.0636. The summed E-state index contributed by atoms with van der Waals surface area (Å²) in [4.78, 5) is 11.8. The molecule has 0 radical (unpaired) electrons. The summed E-state index contributed by atoms with van der Waals surface area (Å²) in [6, 6.07) is 7.94. The number of hydrogen-bond acceptors (Lipinski definition) is 4. The normalized spacial score (nSPS) is 19.5. The van der Waals surface area contributed by atoms with Crippen molar-refractivity contribution in [2.45, 2.75) is 65.5 Å². The predicted octanol–water partition coefficient (Wildman–Crippen LogP) is 4.58. The van der Waals surface area contributed by atoms with E-state index in [-0.39, 0.29) is 0 Å². The molecule has 0 heterocycles. The van der Waals surface area contributed by atoms with Gasteiger partial charge in [-0.25, -0.2) is 4.79 Å². The van der Waals surface area contributed by atoms with Crippen molar-refractivity contribution in [2.24, 2.45) is 5.41 Å². The second-order valence-corrected chi connectivity index (χ2v) is 8.39. The van der Waals surface area contributed by atoms with E-state index < -0.39 is 11.7 Å². The van der Waals surface area contributed by atoms with Gasteiger partial charge < -0.3 is 14.8 Å². The lowest BCUT2D eigenvalue weighted by Crippen LogP contribution is -2.39. The highest BCUT2D eigenvalue weighted by Gasteiger charge is 2.33. The van der Waals surface area contributed by atoms with Crippen molar-refractivity contribution in [3.05, 3.63) is 24.3 Å². The van der Waals surface area contributed by atoms with Gasteiger partial charge in [0.05, 0.1) is 0 Å². The van der Waals surface area contributed by atoms with Gasteiger partial charge >= 0.3 is 6.09 Å². The van der Waals surface area contributed by atoms with Crippen LogP contribution in [-0.2, 0) is 4.74 Å². The topological polar surface area (TPSA) is 59.6 Å². The fourth-order valence-electron chi connectivity index (χ4n) is 3.19. The van der Waals surface area contributed by atoms with Crippen LogP contribution in [0, 0.1) is 5.41 Å². The molecule has 2 rings (SSSR count). The summed E-state index contributed by atoms with van der Waals surface area (Å²) in [5.74, 6) is 0.737. The average Bonchev–Trinajstić information content (AvgIpc) is 2.81. The number of anilines is 1. The molecule has 1 saturated carbocycles. The molecule has 0 saturated heterocycles. The zero-order valence-corrected chi connectivity index (χ0v) is 16.1. The predicted molar refractivity (Wildman–Crippen MR) is 101 cm³/mol. The molecule has 1 fully saturated rings. The average molecular weight is 348 g/mol. The largest absolute Gasteiger partial charge is 0.492 e. The molecule has 1 atom stereocenters. The highest BCUT2D eigenvalue weighted by Crippen LogP contribution is 2.36. The van der Waals surface area contributed by atoms with E-state index in [1.54, 1.807) is 0 Å². The van der Waals surface area contributed by atoms with E-state index in [0.29, 0.717) is 23.8 Å². The van der Waals surface area contributed by atoms with Crippen LogP contribution in [0.5, 0.6) is 5.75 Å². The molecule has 1 amide bonds. The first-order valence-corrected chi connectivity index (χ1v) is 9.12. The first-order chi connectivity index (χ1) is 11.7. The first kappa shape index (κ1) is 19.6. The lowest BCUT2D eigenvalue weighted by Gasteiger charge is -2.27. The number of benzene rings is 1. The quantitative estimate of drug-likeness (QED) is 0.739. The van der Waals surface area contributed by atoms with Crippen LogP contribution in [0.25, 0.3) is 0 Å². The minimum atomic E-state index is -0.516. The Balaban J connectivity index is 1.76. The Labute approximate surface area is 151 Å². The summed E-state index contributed by atoms with van der Waals surface area (Å²) in [5, 5.41) is 6.33. The Hall–Kier alpha value is -1.75. The molecule has 1 aliphatic carbocycles. The third-order valence-corrected chi connectivity index (χ3v) is 4.50. The summed E-state index contributed by atoms with van der Waals surface area (Å²) in [6.07, 6.45) is 3.35. The van der Waals surface area contributed by atoms with E-state index in [1.165, 1.54) is 19.3 Å². The highest BCUT2D eigenvalue weighted by molar-refractivity contribution is 5.85. The molecular formula is C20H32N2O3. The summed E-state index contributed by atoms with van der Waals surface area (Å²) in [5.41, 5.74) is 0.520. The number of carbonyl (C=O) groups is 1. The van der Waals surface area contributed by atoms with Gasteiger partial charge in [-0.2, -0.15) is 0 Å². The van der Waals surface area contributed by atoms with E-state index >= 15 is 0 Å². The van der Waals surface area contributed by atoms with E-state index in [2.05, 4.69) is 24.5 Å². The van der Waals surface area contributed by atoms with Crippen LogP contribution in [-0.4, -0.2) is 30.9 Å². The minimum Gasteiger partial charge on any atom is -0.492 e. The molecule has 1 unspecified atom stereocenters. The fraction of sp³-hybridized carbons (Fsp3) is 0.650. The van der Waals surface area contributed by atoms with Crippen LogP contribution in [0.1, 0.15) is 53.9 Å². The first-order valence-electron chi connectivity index (χ1n) is 9.12. The van der Waals surface area contributed by atoms with Crippen LogP contribution in [0.4, 0.5) is 10.5 Å². The standard InChI is InChI=1S/C20H32N2O3/c1-19(2,3)25-18(23)22-15-8-6-9-16(14-15)24-13-12-21-17-10-7-11-20(17,4)5/h6,8-9,14,17,21H,7,10-13H2,1-5H3,(H,22,23). The molecule has 0 bridgehead atoms. The second-order valence-electron chi connectivity index (χ2n) is 8.39. The number of nitrogens with one attached hydrogen (secondary N) is 2. The van der Waals surface area contributed by atoms with Crippen LogP contribution < -0.4 is 15.4 Å². The number of hydrogen-bond donors (Lipinski definition) is 2. The maximum Gasteiger partial charge on any atom is 0.412 e. The van der Waals surface area contributed by atoms with Crippen LogP contribution in [0.3, 0.4) is 0 Å². The van der Waals surface area contributed by atoms with Gasteiger partial charge in [0.25, 0.3) is 0 Å². The van der Waals surface area contributed by atoms with Gasteiger partial charge in [-0.3, -0.25) is 5.32 Å². The van der Waals surface area contributed by atoms with Crippen molar-refractivity contribution in [2.75, 3.05) is 18.5 Å². The molecule has 0 aromatic heterocycles. The zero-order chi connectivity index (χ0) is 18.5. The number of ether oxygens (including phenoxy) is 2. The molecule has 0 spiro atoms. The van der Waals surface area contributed by atoms with Crippen molar-refractivity contribution in [3.63, 3.8) is 0 Å². The van der Waals surface area contributed by atoms with Gasteiger partial charge in [-0.15, -0.1) is 0 Å². The third kappa shape index (κ3) is 6.58. The van der Waals surface area contributed by atoms with Crippen molar-refractivity contribution in [3.8, 4) is 5.75 Å². The minimum absolute atomic E-state index is 0.372. The number of carbonyl (C=O) groups excluding carboxylic acids is 1. The molecule has 5 nitrogen and oxygen atoms in total. The van der Waals surface area contributed by atoms with Crippen LogP contribution in [0.2, 0.25) is 0 Å². The Bertz CT molecular complexity index is 579. The molecule has 1 aromatic rings. The van der Waals surface area contributed by atoms with Crippen molar-refractivity contribution >= 4 is 11.8 Å². The smallest absolute Gasteiger partial charge is 0.412 e. The Morgan fingerprint density at radius 1 is 1.32 bits per heavy atom. The van der Waals surface area contributed by atoms with Crippen LogP contribution >= 0.6 is 0 Å². The molecule has 2 N–H and O–H groups in total. The Morgan fingerprint density at radius 2 is 2.08 bits per heavy atom. The van der Waals surface area contributed by atoms with E-state index in [9.17, 15) is 4.79 Å². The Morgan fingerprint density at radius 3 is 2.72 bits per heavy atom. The van der Waals surface area contributed by atoms with Gasteiger partial charge in [0.1, 0.15) is 18.0 Å². The lowest BCUT2D eigenvalue weighted by atomic mass is 9.87. The molecular weight excluding hydrogens is 316 g/mol.